The Morgan fingerprint density at radius 1 is 0.882 bits per heavy atom. The Kier molecular flexibility index (Phi) is 10.1. The summed E-state index contributed by atoms with van der Waals surface area (Å²) in [6, 6.07) is 0. The van der Waals surface area contributed by atoms with Crippen LogP contribution in [0.2, 0.25) is 0 Å². The minimum atomic E-state index is -0.952. The first-order valence-corrected chi connectivity index (χ1v) is 9.85. The third-order valence-electron chi connectivity index (χ3n) is 3.96. The second-order valence-electron chi connectivity index (χ2n) is 5.44. The van der Waals surface area contributed by atoms with Crippen molar-refractivity contribution in [3.8, 4) is 0 Å². The van der Waals surface area contributed by atoms with Crippen molar-refractivity contribution in [2.75, 3.05) is 18.5 Å². The maximum Gasteiger partial charge on any atom is 0.0745 e. The van der Waals surface area contributed by atoms with Gasteiger partial charge in [0.1, 0.15) is 0 Å². The molecule has 1 rings (SSSR count). The molecule has 0 heterocycles. The predicted molar refractivity (Wildman–Crippen MR) is 79.3 cm³/mol. The maximum atomic E-state index is 8.73. The van der Waals surface area contributed by atoms with Gasteiger partial charge in [-0.25, -0.2) is 0 Å². The van der Waals surface area contributed by atoms with Gasteiger partial charge in [0.05, 0.1) is 25.5 Å². The molecule has 0 bridgehead atoms. The minimum absolute atomic E-state index is 0. The summed E-state index contributed by atoms with van der Waals surface area (Å²) in [5.41, 5.74) is 0.0759. The first-order valence-electron chi connectivity index (χ1n) is 8.00. The molecular weight excluding hydrogens is 300 g/mol. The average molecular weight is 333 g/mol. The number of hydrogen-bond donors (Lipinski definition) is 0. The van der Waals surface area contributed by atoms with Crippen molar-refractivity contribution in [1.29, 1.82) is 0 Å². The van der Waals surface area contributed by atoms with Gasteiger partial charge in [0.15, 0.2) is 0 Å². The Morgan fingerprint density at radius 2 is 1.24 bits per heavy atom. The van der Waals surface area contributed by atoms with E-state index in [0.29, 0.717) is 0 Å². The molecule has 0 saturated heterocycles. The molecule has 2 heteroatoms. The quantitative estimate of drug-likeness (QED) is 0.459. The summed E-state index contributed by atoms with van der Waals surface area (Å²) in [6.07, 6.45) is 14.8. The molecule has 0 atom stereocenters. The SMILES string of the molecule is [2H]C1([P+](CCCC)(CCCC)CCCC)CC1.[Y]. The van der Waals surface area contributed by atoms with Gasteiger partial charge >= 0.3 is 0 Å². The zero-order valence-electron chi connectivity index (χ0n) is 13.3. The van der Waals surface area contributed by atoms with Crippen LogP contribution in [0.5, 0.6) is 0 Å². The van der Waals surface area contributed by atoms with Crippen LogP contribution in [0.25, 0.3) is 0 Å². The van der Waals surface area contributed by atoms with Crippen molar-refractivity contribution >= 4 is 7.26 Å². The largest absolute Gasteiger partial charge is 0.0745 e. The second-order valence-corrected chi connectivity index (χ2v) is 9.71. The topological polar surface area (TPSA) is 0 Å². The van der Waals surface area contributed by atoms with Crippen LogP contribution < -0.4 is 0 Å². The van der Waals surface area contributed by atoms with E-state index in [1.54, 1.807) is 0 Å². The van der Waals surface area contributed by atoms with E-state index in [-0.39, 0.29) is 38.3 Å². The van der Waals surface area contributed by atoms with Gasteiger partial charge in [-0.3, -0.25) is 0 Å². The van der Waals surface area contributed by atoms with Gasteiger partial charge in [0.25, 0.3) is 0 Å². The fourth-order valence-corrected chi connectivity index (χ4v) is 8.17. The smallest absolute Gasteiger partial charge is 0.0652 e. The molecule has 0 aromatic heterocycles. The first-order chi connectivity index (χ1) is 8.14. The Balaban J connectivity index is 0.00000289. The van der Waals surface area contributed by atoms with Crippen LogP contribution in [0.15, 0.2) is 0 Å². The van der Waals surface area contributed by atoms with Crippen molar-refractivity contribution in [2.24, 2.45) is 0 Å². The maximum absolute atomic E-state index is 8.73. The van der Waals surface area contributed by atoms with E-state index in [1.165, 1.54) is 69.9 Å². The van der Waals surface area contributed by atoms with Gasteiger partial charge in [-0.15, -0.1) is 0 Å². The number of rotatable bonds is 10. The molecule has 1 aliphatic rings. The summed E-state index contributed by atoms with van der Waals surface area (Å²) in [5.74, 6) is 0. The number of unbranched alkanes of at least 4 members (excludes halogenated alkanes) is 3. The molecule has 0 N–H and O–H groups in total. The Bertz CT molecular complexity index is 195. The van der Waals surface area contributed by atoms with Crippen LogP contribution in [0, 0.1) is 0 Å². The molecule has 0 nitrogen and oxygen atoms in total. The van der Waals surface area contributed by atoms with Crippen LogP contribution in [0.3, 0.4) is 0 Å². The molecule has 99 valence electrons. The number of hydrogen-bond acceptors (Lipinski definition) is 0. The van der Waals surface area contributed by atoms with E-state index in [9.17, 15) is 0 Å². The second kappa shape index (κ2) is 10.3. The summed E-state index contributed by atoms with van der Waals surface area (Å²) >= 11 is 0. The van der Waals surface area contributed by atoms with Crippen molar-refractivity contribution < 1.29 is 34.1 Å². The van der Waals surface area contributed by atoms with Crippen LogP contribution in [0.1, 0.15) is 73.5 Å². The molecule has 1 aliphatic carbocycles. The summed E-state index contributed by atoms with van der Waals surface area (Å²) in [4.78, 5) is 0. The first kappa shape index (κ1) is 16.6. The third-order valence-corrected chi connectivity index (χ3v) is 9.27. The van der Waals surface area contributed by atoms with Crippen LogP contribution in [-0.4, -0.2) is 24.1 Å². The molecule has 0 aromatic carbocycles. The Labute approximate surface area is 137 Å². The van der Waals surface area contributed by atoms with Crippen molar-refractivity contribution in [1.82, 2.24) is 0 Å². The third kappa shape index (κ3) is 6.49. The van der Waals surface area contributed by atoms with Crippen molar-refractivity contribution in [3.63, 3.8) is 0 Å². The van der Waals surface area contributed by atoms with Gasteiger partial charge in [0, 0.05) is 40.0 Å². The average Bonchev–Trinajstić information content (AvgIpc) is 3.08. The van der Waals surface area contributed by atoms with E-state index in [1.807, 2.05) is 0 Å². The van der Waals surface area contributed by atoms with Crippen LogP contribution in [-0.2, 0) is 32.7 Å². The minimum Gasteiger partial charge on any atom is -0.0652 e. The zero-order chi connectivity index (χ0) is 12.8. The molecule has 1 fully saturated rings. The van der Waals surface area contributed by atoms with Gasteiger partial charge in [-0.2, -0.15) is 0 Å². The fourth-order valence-electron chi connectivity index (χ4n) is 2.72. The molecule has 1 radical (unpaired) electrons. The summed E-state index contributed by atoms with van der Waals surface area (Å²) in [7, 11) is -0.952. The Morgan fingerprint density at radius 3 is 1.47 bits per heavy atom. The van der Waals surface area contributed by atoms with E-state index in [0.717, 1.165) is 0 Å². The summed E-state index contributed by atoms with van der Waals surface area (Å²) in [6.45, 7) is 6.91. The molecule has 0 aliphatic heterocycles. The van der Waals surface area contributed by atoms with E-state index in [4.69, 9.17) is 1.37 Å². The molecule has 17 heavy (non-hydrogen) atoms. The molecule has 0 unspecified atom stereocenters. The van der Waals surface area contributed by atoms with Gasteiger partial charge < -0.3 is 0 Å². The zero-order valence-corrected chi connectivity index (χ0v) is 16.0. The van der Waals surface area contributed by atoms with E-state index < -0.39 is 7.26 Å². The predicted octanol–water partition coefficient (Wildman–Crippen LogP) is 5.56. The fraction of sp³-hybridized carbons (Fsp3) is 1.00. The normalized spacial score (nSPS) is 18.4. The van der Waals surface area contributed by atoms with E-state index in [2.05, 4.69) is 20.8 Å². The van der Waals surface area contributed by atoms with Gasteiger partial charge in [-0.1, -0.05) is 40.0 Å². The van der Waals surface area contributed by atoms with E-state index >= 15 is 0 Å². The van der Waals surface area contributed by atoms with Gasteiger partial charge in [-0.05, 0) is 32.1 Å². The van der Waals surface area contributed by atoms with Crippen molar-refractivity contribution in [3.05, 3.63) is 0 Å². The molecule has 0 aromatic rings. The molecule has 0 spiro atoms. The summed E-state index contributed by atoms with van der Waals surface area (Å²) < 4.78 is 8.73. The Hall–Kier alpha value is 1.53. The molecular formula is C15H32PY+. The van der Waals surface area contributed by atoms with Crippen LogP contribution >= 0.6 is 7.26 Å². The van der Waals surface area contributed by atoms with Gasteiger partial charge in [0.2, 0.25) is 0 Å². The molecule has 0 amide bonds. The monoisotopic (exact) mass is 333 g/mol. The van der Waals surface area contributed by atoms with Crippen molar-refractivity contribution in [2.45, 2.75) is 77.8 Å². The standard InChI is InChI=1S/C15H32P.Y/c1-4-7-12-16(13-8-5-2,14-9-6-3)15-10-11-15;/h15H,4-14H2,1-3H3;/q+1;/i15D;. The van der Waals surface area contributed by atoms with Crippen LogP contribution in [0.4, 0.5) is 0 Å². The summed E-state index contributed by atoms with van der Waals surface area (Å²) in [5, 5.41) is 0. The molecule has 1 saturated carbocycles.